The van der Waals surface area contributed by atoms with E-state index in [0.717, 1.165) is 5.56 Å². The fraction of sp³-hybridized carbons (Fsp3) is 0.125. The van der Waals surface area contributed by atoms with Gasteiger partial charge in [0, 0.05) is 6.20 Å². The van der Waals surface area contributed by atoms with Crippen LogP contribution in [0.2, 0.25) is 0 Å². The van der Waals surface area contributed by atoms with Crippen LogP contribution >= 0.6 is 0 Å². The molecule has 1 heterocycles. The Labute approximate surface area is 58.9 Å². The molecule has 0 bridgehead atoms. The van der Waals surface area contributed by atoms with Crippen molar-refractivity contribution in [1.82, 2.24) is 4.98 Å². The molecule has 0 N–H and O–H groups in total. The van der Waals surface area contributed by atoms with E-state index in [2.05, 4.69) is 10.9 Å². The first-order valence-electron chi connectivity index (χ1n) is 2.87. The number of hydrogen-bond donors (Lipinski definition) is 0. The molecule has 1 nitrogen and oxygen atoms in total. The SMILES string of the molecule is Cc1ccnc(C#CF)c1. The minimum atomic E-state index is 0.475. The van der Waals surface area contributed by atoms with Crippen molar-refractivity contribution >= 4 is 0 Å². The van der Waals surface area contributed by atoms with Crippen LogP contribution < -0.4 is 0 Å². The van der Waals surface area contributed by atoms with E-state index in [9.17, 15) is 4.39 Å². The van der Waals surface area contributed by atoms with Gasteiger partial charge in [-0.1, -0.05) is 0 Å². The maximum Gasteiger partial charge on any atom is 0.116 e. The quantitative estimate of drug-likeness (QED) is 0.493. The van der Waals surface area contributed by atoms with Crippen molar-refractivity contribution in [3.63, 3.8) is 0 Å². The molecule has 0 spiro atoms. The van der Waals surface area contributed by atoms with Gasteiger partial charge in [-0.15, -0.1) is 4.39 Å². The molecule has 10 heavy (non-hydrogen) atoms. The van der Waals surface area contributed by atoms with Gasteiger partial charge in [0.15, 0.2) is 0 Å². The van der Waals surface area contributed by atoms with Gasteiger partial charge in [-0.2, -0.15) is 0 Å². The molecule has 0 unspecified atom stereocenters. The lowest BCUT2D eigenvalue weighted by Gasteiger charge is -1.89. The molecular formula is C8H6FN. The lowest BCUT2D eigenvalue weighted by Crippen LogP contribution is -1.81. The van der Waals surface area contributed by atoms with E-state index in [1.54, 1.807) is 12.3 Å². The van der Waals surface area contributed by atoms with E-state index in [4.69, 9.17) is 0 Å². The van der Waals surface area contributed by atoms with Crippen LogP contribution in [-0.4, -0.2) is 4.98 Å². The number of halogens is 1. The zero-order valence-electron chi connectivity index (χ0n) is 5.56. The summed E-state index contributed by atoms with van der Waals surface area (Å²) in [7, 11) is 0. The number of aromatic nitrogens is 1. The normalized spacial score (nSPS) is 8.20. The number of aryl methyl sites for hydroxylation is 1. The van der Waals surface area contributed by atoms with Crippen LogP contribution in [-0.2, 0) is 0 Å². The topological polar surface area (TPSA) is 12.9 Å². The molecule has 0 aliphatic heterocycles. The van der Waals surface area contributed by atoms with Crippen molar-refractivity contribution in [1.29, 1.82) is 0 Å². The summed E-state index contributed by atoms with van der Waals surface area (Å²) in [5.74, 6) is 2.22. The van der Waals surface area contributed by atoms with E-state index >= 15 is 0 Å². The summed E-state index contributed by atoms with van der Waals surface area (Å²) in [4.78, 5) is 3.82. The lowest BCUT2D eigenvalue weighted by atomic mass is 10.2. The summed E-state index contributed by atoms with van der Waals surface area (Å²) >= 11 is 0. The van der Waals surface area contributed by atoms with Crippen molar-refractivity contribution in [3.8, 4) is 12.1 Å². The molecule has 0 saturated carbocycles. The van der Waals surface area contributed by atoms with Crippen molar-refractivity contribution in [2.75, 3.05) is 0 Å². The summed E-state index contributed by atoms with van der Waals surface area (Å²) in [6.07, 6.45) is 2.90. The van der Waals surface area contributed by atoms with Gasteiger partial charge in [0.25, 0.3) is 0 Å². The van der Waals surface area contributed by atoms with Crippen LogP contribution in [0.25, 0.3) is 0 Å². The maximum atomic E-state index is 11.4. The van der Waals surface area contributed by atoms with Crippen LogP contribution in [0.1, 0.15) is 11.3 Å². The summed E-state index contributed by atoms with van der Waals surface area (Å²) in [5, 5.41) is 0. The average Bonchev–Trinajstić information content (AvgIpc) is 1.88. The molecule has 0 aromatic carbocycles. The number of rotatable bonds is 0. The first-order valence-corrected chi connectivity index (χ1v) is 2.87. The second kappa shape index (κ2) is 2.98. The predicted octanol–water partition coefficient (Wildman–Crippen LogP) is 1.67. The minimum Gasteiger partial charge on any atom is -0.248 e. The summed E-state index contributed by atoms with van der Waals surface area (Å²) in [6, 6.07) is 3.57. The molecule has 2 heteroatoms. The molecule has 50 valence electrons. The summed E-state index contributed by atoms with van der Waals surface area (Å²) in [5.41, 5.74) is 1.51. The molecule has 1 aromatic rings. The van der Waals surface area contributed by atoms with E-state index in [-0.39, 0.29) is 0 Å². The first-order chi connectivity index (χ1) is 4.83. The van der Waals surface area contributed by atoms with Gasteiger partial charge in [-0.25, -0.2) is 4.98 Å². The van der Waals surface area contributed by atoms with Crippen molar-refractivity contribution in [2.45, 2.75) is 6.92 Å². The van der Waals surface area contributed by atoms with Gasteiger partial charge in [0.05, 0.1) is 0 Å². The Morgan fingerprint density at radius 3 is 3.00 bits per heavy atom. The number of hydrogen-bond acceptors (Lipinski definition) is 1. The van der Waals surface area contributed by atoms with Crippen molar-refractivity contribution in [3.05, 3.63) is 29.6 Å². The largest absolute Gasteiger partial charge is 0.248 e. The van der Waals surface area contributed by atoms with Crippen molar-refractivity contribution < 1.29 is 4.39 Å². The van der Waals surface area contributed by atoms with Gasteiger partial charge in [0.1, 0.15) is 11.9 Å². The minimum absolute atomic E-state index is 0.475. The molecule has 0 fully saturated rings. The van der Waals surface area contributed by atoms with E-state index in [1.807, 2.05) is 13.0 Å². The average molecular weight is 135 g/mol. The van der Waals surface area contributed by atoms with Crippen molar-refractivity contribution in [2.24, 2.45) is 0 Å². The Balaban J connectivity index is 3.03. The Bertz CT molecular complexity index is 283. The van der Waals surface area contributed by atoms with Crippen LogP contribution in [0.5, 0.6) is 0 Å². The Hall–Kier alpha value is -1.36. The van der Waals surface area contributed by atoms with Crippen LogP contribution in [0.4, 0.5) is 4.39 Å². The zero-order valence-corrected chi connectivity index (χ0v) is 5.56. The Morgan fingerprint density at radius 2 is 2.40 bits per heavy atom. The molecule has 0 aliphatic carbocycles. The van der Waals surface area contributed by atoms with Gasteiger partial charge < -0.3 is 0 Å². The van der Waals surface area contributed by atoms with Gasteiger partial charge in [0.2, 0.25) is 0 Å². The molecule has 1 rings (SSSR count). The summed E-state index contributed by atoms with van der Waals surface area (Å²) < 4.78 is 11.4. The predicted molar refractivity (Wildman–Crippen MR) is 37.0 cm³/mol. The zero-order chi connectivity index (χ0) is 7.40. The maximum absolute atomic E-state index is 11.4. The third-order valence-corrected chi connectivity index (χ3v) is 1.09. The number of nitrogens with zero attached hydrogens (tertiary/aromatic N) is 1. The van der Waals surface area contributed by atoms with Gasteiger partial charge in [-0.3, -0.25) is 0 Å². The highest BCUT2D eigenvalue weighted by Gasteiger charge is 1.86. The van der Waals surface area contributed by atoms with Gasteiger partial charge in [-0.05, 0) is 30.5 Å². The highest BCUT2D eigenvalue weighted by atomic mass is 19.1. The second-order valence-electron chi connectivity index (χ2n) is 1.94. The fourth-order valence-electron chi connectivity index (χ4n) is 0.653. The third-order valence-electron chi connectivity index (χ3n) is 1.09. The summed E-state index contributed by atoms with van der Waals surface area (Å²) in [6.45, 7) is 1.91. The highest BCUT2D eigenvalue weighted by Crippen LogP contribution is 1.97. The van der Waals surface area contributed by atoms with Gasteiger partial charge >= 0.3 is 0 Å². The highest BCUT2D eigenvalue weighted by molar-refractivity contribution is 5.28. The first kappa shape index (κ1) is 6.76. The van der Waals surface area contributed by atoms with E-state index in [1.165, 1.54) is 6.17 Å². The Kier molecular flexibility index (Phi) is 2.01. The standard InChI is InChI=1S/C8H6FN/c1-7-3-5-10-8(6-7)2-4-9/h3,5-6H,1H3. The molecule has 0 amide bonds. The van der Waals surface area contributed by atoms with E-state index < -0.39 is 0 Å². The van der Waals surface area contributed by atoms with E-state index in [0.29, 0.717) is 5.69 Å². The Morgan fingerprint density at radius 1 is 1.60 bits per heavy atom. The monoisotopic (exact) mass is 135 g/mol. The molecule has 0 aliphatic rings. The van der Waals surface area contributed by atoms with Crippen LogP contribution in [0.15, 0.2) is 18.3 Å². The molecule has 1 aromatic heterocycles. The van der Waals surface area contributed by atoms with Crippen LogP contribution in [0, 0.1) is 19.0 Å². The molecule has 0 atom stereocenters. The number of pyridine rings is 1. The smallest absolute Gasteiger partial charge is 0.116 e. The third kappa shape index (κ3) is 1.56. The molecule has 0 saturated heterocycles. The lowest BCUT2D eigenvalue weighted by molar-refractivity contribution is 0.773. The van der Waals surface area contributed by atoms with Crippen LogP contribution in [0.3, 0.4) is 0 Å². The fourth-order valence-corrected chi connectivity index (χ4v) is 0.653. The molecular weight excluding hydrogens is 129 g/mol. The molecule has 0 radical (unpaired) electrons. The second-order valence-corrected chi connectivity index (χ2v) is 1.94.